The Hall–Kier alpha value is -2.81. The van der Waals surface area contributed by atoms with E-state index in [4.69, 9.17) is 0 Å². The first kappa shape index (κ1) is 23.4. The molecule has 1 amide bonds. The lowest BCUT2D eigenvalue weighted by Gasteiger charge is -2.30. The number of nitrogens with zero attached hydrogens (tertiary/aromatic N) is 3. The SMILES string of the molecule is C=C(c1nc(NCC2CCN(C)C2=O)cc2c(NC3CCN(C)CC3)cccc12)C(F)(F)F. The first-order chi connectivity index (χ1) is 15.6. The van der Waals surface area contributed by atoms with Crippen molar-refractivity contribution in [2.45, 2.75) is 31.5 Å². The highest BCUT2D eigenvalue weighted by molar-refractivity contribution is 6.01. The van der Waals surface area contributed by atoms with Gasteiger partial charge in [0, 0.05) is 42.6 Å². The van der Waals surface area contributed by atoms with Gasteiger partial charge in [0.25, 0.3) is 0 Å². The minimum Gasteiger partial charge on any atom is -0.382 e. The van der Waals surface area contributed by atoms with Gasteiger partial charge in [-0.3, -0.25) is 4.79 Å². The Bertz CT molecular complexity index is 1050. The van der Waals surface area contributed by atoms with Crippen LogP contribution in [0.4, 0.5) is 24.7 Å². The number of hydrogen-bond donors (Lipinski definition) is 2. The molecule has 1 atom stereocenters. The fourth-order valence-corrected chi connectivity index (χ4v) is 4.54. The van der Waals surface area contributed by atoms with Gasteiger partial charge in [-0.15, -0.1) is 0 Å². The molecule has 0 saturated carbocycles. The highest BCUT2D eigenvalue weighted by atomic mass is 19.4. The Morgan fingerprint density at radius 1 is 1.15 bits per heavy atom. The van der Waals surface area contributed by atoms with Crippen molar-refractivity contribution >= 4 is 33.8 Å². The van der Waals surface area contributed by atoms with Gasteiger partial charge in [-0.2, -0.15) is 13.2 Å². The average molecular weight is 462 g/mol. The summed E-state index contributed by atoms with van der Waals surface area (Å²) in [4.78, 5) is 20.4. The number of amides is 1. The van der Waals surface area contributed by atoms with E-state index in [2.05, 4.69) is 34.1 Å². The van der Waals surface area contributed by atoms with Gasteiger partial charge in [0.2, 0.25) is 5.91 Å². The minimum absolute atomic E-state index is 0.0350. The summed E-state index contributed by atoms with van der Waals surface area (Å²) in [5, 5.41) is 7.70. The Labute approximate surface area is 191 Å². The third-order valence-electron chi connectivity index (χ3n) is 6.65. The number of rotatable bonds is 6. The highest BCUT2D eigenvalue weighted by Crippen LogP contribution is 2.38. The molecule has 2 aliphatic rings. The number of allylic oxidation sites excluding steroid dienone is 1. The normalized spacial score (nSPS) is 20.5. The van der Waals surface area contributed by atoms with E-state index in [-0.39, 0.29) is 23.6 Å². The summed E-state index contributed by atoms with van der Waals surface area (Å²) in [6, 6.07) is 7.29. The van der Waals surface area contributed by atoms with Gasteiger partial charge in [0.15, 0.2) is 0 Å². The molecule has 2 aliphatic heterocycles. The maximum absolute atomic E-state index is 13.6. The summed E-state index contributed by atoms with van der Waals surface area (Å²) in [5.74, 6) is 0.130. The summed E-state index contributed by atoms with van der Waals surface area (Å²) in [6.07, 6.45) is -1.97. The van der Waals surface area contributed by atoms with Gasteiger partial charge in [-0.25, -0.2) is 4.98 Å². The molecule has 178 valence electrons. The Morgan fingerprint density at radius 3 is 2.52 bits per heavy atom. The molecule has 1 unspecified atom stereocenters. The smallest absolute Gasteiger partial charge is 0.382 e. The summed E-state index contributed by atoms with van der Waals surface area (Å²) >= 11 is 0. The van der Waals surface area contributed by atoms with Crippen LogP contribution in [0, 0.1) is 5.92 Å². The van der Waals surface area contributed by atoms with E-state index in [0.29, 0.717) is 36.1 Å². The van der Waals surface area contributed by atoms with Crippen molar-refractivity contribution in [3.8, 4) is 0 Å². The lowest BCUT2D eigenvalue weighted by atomic mass is 10.0. The van der Waals surface area contributed by atoms with Crippen LogP contribution in [0.2, 0.25) is 0 Å². The standard InChI is InChI=1S/C24H30F3N5O/c1-15(24(25,26)27)22-18-5-4-6-20(29-17-8-10-31(2)11-9-17)19(18)13-21(30-22)28-14-16-7-12-32(3)23(16)33/h4-6,13,16-17,29H,1,7-12,14H2,2-3H3,(H,28,30). The monoisotopic (exact) mass is 461 g/mol. The number of pyridine rings is 1. The van der Waals surface area contributed by atoms with Gasteiger partial charge in [-0.1, -0.05) is 18.7 Å². The second kappa shape index (κ2) is 9.21. The molecule has 1 aromatic heterocycles. The van der Waals surface area contributed by atoms with Crippen LogP contribution in [0.25, 0.3) is 16.3 Å². The van der Waals surface area contributed by atoms with Crippen molar-refractivity contribution in [3.05, 3.63) is 36.5 Å². The minimum atomic E-state index is -4.60. The molecule has 6 nitrogen and oxygen atoms in total. The number of halogens is 3. The summed E-state index contributed by atoms with van der Waals surface area (Å²) in [5.41, 5.74) is -0.394. The topological polar surface area (TPSA) is 60.5 Å². The molecule has 0 aliphatic carbocycles. The maximum atomic E-state index is 13.6. The van der Waals surface area contributed by atoms with E-state index < -0.39 is 11.7 Å². The molecule has 4 rings (SSSR count). The Kier molecular flexibility index (Phi) is 6.52. The summed E-state index contributed by atoms with van der Waals surface area (Å²) < 4.78 is 40.8. The zero-order chi connectivity index (χ0) is 23.8. The van der Waals surface area contributed by atoms with E-state index >= 15 is 0 Å². The van der Waals surface area contributed by atoms with E-state index in [1.54, 1.807) is 30.1 Å². The second-order valence-electron chi connectivity index (χ2n) is 9.08. The zero-order valence-electron chi connectivity index (χ0n) is 19.0. The Morgan fingerprint density at radius 2 is 1.88 bits per heavy atom. The number of fused-ring (bicyclic) bond motifs is 1. The van der Waals surface area contributed by atoms with Gasteiger partial charge in [0.05, 0.1) is 17.2 Å². The van der Waals surface area contributed by atoms with E-state index in [1.807, 2.05) is 6.07 Å². The molecule has 1 aromatic carbocycles. The highest BCUT2D eigenvalue weighted by Gasteiger charge is 2.35. The molecule has 0 bridgehead atoms. The molecule has 0 radical (unpaired) electrons. The fraction of sp³-hybridized carbons (Fsp3) is 0.500. The molecule has 0 spiro atoms. The molecule has 2 aromatic rings. The van der Waals surface area contributed by atoms with Crippen molar-refractivity contribution in [1.29, 1.82) is 0 Å². The predicted molar refractivity (Wildman–Crippen MR) is 125 cm³/mol. The van der Waals surface area contributed by atoms with Crippen molar-refractivity contribution in [2.75, 3.05) is 50.9 Å². The van der Waals surface area contributed by atoms with Crippen molar-refractivity contribution < 1.29 is 18.0 Å². The van der Waals surface area contributed by atoms with E-state index in [0.717, 1.165) is 31.6 Å². The van der Waals surface area contributed by atoms with Crippen LogP contribution >= 0.6 is 0 Å². The van der Waals surface area contributed by atoms with Crippen LogP contribution in [0.15, 0.2) is 30.8 Å². The lowest BCUT2D eigenvalue weighted by molar-refractivity contribution is -0.129. The zero-order valence-corrected chi connectivity index (χ0v) is 19.0. The number of nitrogens with one attached hydrogen (secondary N) is 2. The fourth-order valence-electron chi connectivity index (χ4n) is 4.54. The number of alkyl halides is 3. The van der Waals surface area contributed by atoms with Crippen LogP contribution in [-0.2, 0) is 4.79 Å². The van der Waals surface area contributed by atoms with Gasteiger partial charge >= 0.3 is 6.18 Å². The van der Waals surface area contributed by atoms with Crippen molar-refractivity contribution in [1.82, 2.24) is 14.8 Å². The second-order valence-corrected chi connectivity index (χ2v) is 9.08. The lowest BCUT2D eigenvalue weighted by Crippen LogP contribution is -2.36. The van der Waals surface area contributed by atoms with Crippen LogP contribution in [-0.4, -0.2) is 73.2 Å². The molecule has 2 N–H and O–H groups in total. The maximum Gasteiger partial charge on any atom is 0.417 e. The van der Waals surface area contributed by atoms with Crippen LogP contribution in [0.1, 0.15) is 25.0 Å². The van der Waals surface area contributed by atoms with E-state index in [9.17, 15) is 18.0 Å². The largest absolute Gasteiger partial charge is 0.417 e. The number of benzene rings is 1. The van der Waals surface area contributed by atoms with Gasteiger partial charge < -0.3 is 20.4 Å². The first-order valence-corrected chi connectivity index (χ1v) is 11.3. The van der Waals surface area contributed by atoms with Crippen molar-refractivity contribution in [3.63, 3.8) is 0 Å². The van der Waals surface area contributed by atoms with Crippen LogP contribution < -0.4 is 10.6 Å². The molecule has 2 fully saturated rings. The number of anilines is 2. The number of piperidine rings is 1. The molecule has 3 heterocycles. The predicted octanol–water partition coefficient (Wildman–Crippen LogP) is 4.21. The third-order valence-corrected chi connectivity index (χ3v) is 6.65. The molecular weight excluding hydrogens is 431 g/mol. The van der Waals surface area contributed by atoms with Crippen LogP contribution in [0.3, 0.4) is 0 Å². The average Bonchev–Trinajstić information content (AvgIpc) is 3.10. The number of aromatic nitrogens is 1. The van der Waals surface area contributed by atoms with Gasteiger partial charge in [0.1, 0.15) is 5.82 Å². The summed E-state index contributed by atoms with van der Waals surface area (Å²) in [7, 11) is 3.84. The number of carbonyl (C=O) groups excluding carboxylic acids is 1. The van der Waals surface area contributed by atoms with Crippen molar-refractivity contribution in [2.24, 2.45) is 5.92 Å². The summed E-state index contributed by atoms with van der Waals surface area (Å²) in [6.45, 7) is 6.24. The molecule has 2 saturated heterocycles. The van der Waals surface area contributed by atoms with Crippen LogP contribution in [0.5, 0.6) is 0 Å². The van der Waals surface area contributed by atoms with E-state index in [1.165, 1.54) is 0 Å². The number of likely N-dealkylation sites (tertiary alicyclic amines) is 2. The molecular formula is C24H30F3N5O. The molecule has 33 heavy (non-hydrogen) atoms. The molecule has 9 heteroatoms. The Balaban J connectivity index is 1.68. The quantitative estimate of drug-likeness (QED) is 0.675. The number of hydrogen-bond acceptors (Lipinski definition) is 5. The third kappa shape index (κ3) is 5.08. The first-order valence-electron chi connectivity index (χ1n) is 11.3. The number of carbonyl (C=O) groups is 1. The van der Waals surface area contributed by atoms with Gasteiger partial charge in [-0.05, 0) is 51.5 Å².